The van der Waals surface area contributed by atoms with Gasteiger partial charge >= 0.3 is 0 Å². The van der Waals surface area contributed by atoms with Crippen LogP contribution in [0.3, 0.4) is 0 Å². The van der Waals surface area contributed by atoms with Crippen LogP contribution in [0.25, 0.3) is 0 Å². The Balaban J connectivity index is 2.06. The Kier molecular flexibility index (Phi) is 4.98. The van der Waals surface area contributed by atoms with Gasteiger partial charge in [0.15, 0.2) is 0 Å². The van der Waals surface area contributed by atoms with E-state index in [4.69, 9.17) is 10.5 Å². The lowest BCUT2D eigenvalue weighted by molar-refractivity contribution is -0.143. The number of aliphatic hydroxyl groups excluding tert-OH is 1. The van der Waals surface area contributed by atoms with Crippen LogP contribution in [0.4, 0.5) is 0 Å². The zero-order valence-electron chi connectivity index (χ0n) is 12.9. The maximum Gasteiger partial charge on any atom is 0.247 e. The van der Waals surface area contributed by atoms with E-state index in [2.05, 4.69) is 0 Å². The summed E-state index contributed by atoms with van der Waals surface area (Å²) in [6.45, 7) is 7.50. The molecule has 3 atom stereocenters. The minimum Gasteiger partial charge on any atom is -0.387 e. The summed E-state index contributed by atoms with van der Waals surface area (Å²) < 4.78 is 5.51. The molecule has 21 heavy (non-hydrogen) atoms. The number of amides is 1. The number of primary amides is 1. The van der Waals surface area contributed by atoms with Crippen LogP contribution in [0.15, 0.2) is 18.2 Å². The van der Waals surface area contributed by atoms with Gasteiger partial charge in [-0.15, -0.1) is 0 Å². The molecule has 5 nitrogen and oxygen atoms in total. The highest BCUT2D eigenvalue weighted by molar-refractivity contribution is 5.79. The van der Waals surface area contributed by atoms with Crippen LogP contribution in [0.5, 0.6) is 0 Å². The Morgan fingerprint density at radius 2 is 2.19 bits per heavy atom. The molecule has 1 heterocycles. The van der Waals surface area contributed by atoms with Crippen molar-refractivity contribution in [3.05, 3.63) is 34.9 Å². The number of hydrogen-bond acceptors (Lipinski definition) is 4. The molecular formula is C16H24N2O3. The van der Waals surface area contributed by atoms with Crippen LogP contribution in [0.1, 0.15) is 29.7 Å². The molecular weight excluding hydrogens is 268 g/mol. The summed E-state index contributed by atoms with van der Waals surface area (Å²) in [5.41, 5.74) is 8.45. The largest absolute Gasteiger partial charge is 0.387 e. The van der Waals surface area contributed by atoms with E-state index < -0.39 is 18.1 Å². The lowest BCUT2D eigenvalue weighted by Gasteiger charge is -2.36. The fourth-order valence-electron chi connectivity index (χ4n) is 2.81. The number of hydrogen-bond donors (Lipinski definition) is 2. The van der Waals surface area contributed by atoms with Crippen LogP contribution < -0.4 is 5.73 Å². The molecule has 1 aromatic rings. The number of ether oxygens (including phenoxy) is 1. The molecule has 0 aromatic heterocycles. The van der Waals surface area contributed by atoms with Gasteiger partial charge in [0, 0.05) is 19.6 Å². The first-order chi connectivity index (χ1) is 9.86. The number of aryl methyl sites for hydroxylation is 2. The number of rotatable bonds is 4. The van der Waals surface area contributed by atoms with Crippen molar-refractivity contribution in [1.82, 2.24) is 4.90 Å². The van der Waals surface area contributed by atoms with Crippen molar-refractivity contribution in [3.63, 3.8) is 0 Å². The first-order valence-electron chi connectivity index (χ1n) is 7.29. The first kappa shape index (κ1) is 15.9. The maximum absolute atomic E-state index is 11.3. The van der Waals surface area contributed by atoms with E-state index in [1.165, 1.54) is 0 Å². The molecule has 0 radical (unpaired) electrons. The average Bonchev–Trinajstić information content (AvgIpc) is 2.40. The van der Waals surface area contributed by atoms with Gasteiger partial charge < -0.3 is 15.6 Å². The molecule has 1 aliphatic heterocycles. The third kappa shape index (κ3) is 4.03. The van der Waals surface area contributed by atoms with Gasteiger partial charge in [0.05, 0.1) is 12.2 Å². The molecule has 3 N–H and O–H groups in total. The van der Waals surface area contributed by atoms with Crippen molar-refractivity contribution < 1.29 is 14.6 Å². The summed E-state index contributed by atoms with van der Waals surface area (Å²) in [5, 5.41) is 10.5. The Hall–Kier alpha value is -1.43. The molecule has 1 aliphatic rings. The highest BCUT2D eigenvalue weighted by atomic mass is 16.5. The predicted molar refractivity (Wildman–Crippen MR) is 80.8 cm³/mol. The standard InChI is InChI=1S/C16H24N2O3/c1-10-4-5-11(2)13(6-10)14(19)8-18-7-12(3)21-15(9-18)16(17)20/h4-6,12,14-15,19H,7-9H2,1-3H3,(H2,17,20)/t12-,14+,15+/m1/s1. The number of benzene rings is 1. The second-order valence-corrected chi connectivity index (χ2v) is 5.93. The Bertz CT molecular complexity index is 518. The highest BCUT2D eigenvalue weighted by Gasteiger charge is 2.30. The second-order valence-electron chi connectivity index (χ2n) is 5.93. The van der Waals surface area contributed by atoms with Crippen molar-refractivity contribution in [1.29, 1.82) is 0 Å². The summed E-state index contributed by atoms with van der Waals surface area (Å²) in [6.07, 6.45) is -1.25. The molecule has 1 fully saturated rings. The Morgan fingerprint density at radius 3 is 2.86 bits per heavy atom. The van der Waals surface area contributed by atoms with E-state index in [1.54, 1.807) is 0 Å². The topological polar surface area (TPSA) is 75.8 Å². The first-order valence-corrected chi connectivity index (χ1v) is 7.29. The molecule has 5 heteroatoms. The summed E-state index contributed by atoms with van der Waals surface area (Å²) >= 11 is 0. The third-order valence-electron chi connectivity index (χ3n) is 3.88. The number of carbonyl (C=O) groups is 1. The summed E-state index contributed by atoms with van der Waals surface area (Å²) in [5.74, 6) is -0.451. The average molecular weight is 292 g/mol. The van der Waals surface area contributed by atoms with Crippen LogP contribution >= 0.6 is 0 Å². The van der Waals surface area contributed by atoms with Gasteiger partial charge in [-0.1, -0.05) is 23.8 Å². The smallest absolute Gasteiger partial charge is 0.247 e. The summed E-state index contributed by atoms with van der Waals surface area (Å²) in [4.78, 5) is 13.3. The zero-order valence-corrected chi connectivity index (χ0v) is 12.9. The molecule has 0 saturated carbocycles. The molecule has 0 unspecified atom stereocenters. The van der Waals surface area contributed by atoms with Crippen molar-refractivity contribution in [2.24, 2.45) is 5.73 Å². The number of morpholine rings is 1. The molecule has 1 amide bonds. The molecule has 116 valence electrons. The van der Waals surface area contributed by atoms with Crippen LogP contribution in [0, 0.1) is 13.8 Å². The number of nitrogens with two attached hydrogens (primary N) is 1. The van der Waals surface area contributed by atoms with Gasteiger partial charge in [-0.2, -0.15) is 0 Å². The molecule has 0 spiro atoms. The quantitative estimate of drug-likeness (QED) is 0.865. The van der Waals surface area contributed by atoms with Crippen LogP contribution in [0.2, 0.25) is 0 Å². The maximum atomic E-state index is 11.3. The van der Waals surface area contributed by atoms with E-state index in [1.807, 2.05) is 43.9 Å². The van der Waals surface area contributed by atoms with Gasteiger partial charge in [-0.25, -0.2) is 0 Å². The number of nitrogens with zero attached hydrogens (tertiary/aromatic N) is 1. The SMILES string of the molecule is Cc1ccc(C)c([C@@H](O)CN2C[C@@H](C)O[C@H](C(N)=O)C2)c1. The van der Waals surface area contributed by atoms with Crippen molar-refractivity contribution in [2.75, 3.05) is 19.6 Å². The van der Waals surface area contributed by atoms with E-state index in [0.29, 0.717) is 19.6 Å². The molecule has 0 aliphatic carbocycles. The number of aliphatic hydroxyl groups is 1. The van der Waals surface area contributed by atoms with E-state index >= 15 is 0 Å². The van der Waals surface area contributed by atoms with Crippen molar-refractivity contribution in [2.45, 2.75) is 39.1 Å². The number of carbonyl (C=O) groups excluding carboxylic acids is 1. The zero-order chi connectivity index (χ0) is 15.6. The number of β-amino-alcohol motifs (C(OH)–C–C–N with tert-alkyl or cyclic N) is 1. The second kappa shape index (κ2) is 6.56. The molecule has 1 aromatic carbocycles. The predicted octanol–water partition coefficient (Wildman–Crippen LogP) is 0.911. The van der Waals surface area contributed by atoms with Crippen molar-refractivity contribution in [3.8, 4) is 0 Å². The monoisotopic (exact) mass is 292 g/mol. The van der Waals surface area contributed by atoms with Crippen molar-refractivity contribution >= 4 is 5.91 Å². The molecule has 2 rings (SSSR count). The van der Waals surface area contributed by atoms with Gasteiger partial charge in [0.25, 0.3) is 0 Å². The fraction of sp³-hybridized carbons (Fsp3) is 0.562. The minimum absolute atomic E-state index is 0.0675. The third-order valence-corrected chi connectivity index (χ3v) is 3.88. The van der Waals surface area contributed by atoms with Gasteiger partial charge in [-0.3, -0.25) is 9.69 Å². The Morgan fingerprint density at radius 1 is 1.48 bits per heavy atom. The lowest BCUT2D eigenvalue weighted by atomic mass is 10.00. The fourth-order valence-corrected chi connectivity index (χ4v) is 2.81. The van der Waals surface area contributed by atoms with Crippen LogP contribution in [-0.4, -0.2) is 47.8 Å². The van der Waals surface area contributed by atoms with E-state index in [9.17, 15) is 9.90 Å². The molecule has 1 saturated heterocycles. The normalized spacial score (nSPS) is 24.8. The van der Waals surface area contributed by atoms with Gasteiger partial charge in [-0.05, 0) is 31.9 Å². The van der Waals surface area contributed by atoms with Gasteiger partial charge in [0.1, 0.15) is 6.10 Å². The highest BCUT2D eigenvalue weighted by Crippen LogP contribution is 2.22. The van der Waals surface area contributed by atoms with Crippen LogP contribution in [-0.2, 0) is 9.53 Å². The Labute approximate surface area is 125 Å². The molecule has 0 bridgehead atoms. The summed E-state index contributed by atoms with van der Waals surface area (Å²) in [7, 11) is 0. The van der Waals surface area contributed by atoms with E-state index in [-0.39, 0.29) is 6.10 Å². The minimum atomic E-state index is -0.598. The lowest BCUT2D eigenvalue weighted by Crippen LogP contribution is -2.52. The summed E-state index contributed by atoms with van der Waals surface area (Å²) in [6, 6.07) is 6.06. The van der Waals surface area contributed by atoms with E-state index in [0.717, 1.165) is 16.7 Å². The van der Waals surface area contributed by atoms with Gasteiger partial charge in [0.2, 0.25) is 5.91 Å².